The van der Waals surface area contributed by atoms with Gasteiger partial charge in [0.25, 0.3) is 0 Å². The summed E-state index contributed by atoms with van der Waals surface area (Å²) >= 11 is 0. The maximum absolute atomic E-state index is 12.5. The van der Waals surface area contributed by atoms with E-state index in [9.17, 15) is 4.79 Å². The minimum atomic E-state index is 0.0880. The van der Waals surface area contributed by atoms with Gasteiger partial charge in [-0.05, 0) is 39.2 Å². The van der Waals surface area contributed by atoms with Crippen molar-refractivity contribution >= 4 is 5.91 Å². The number of ether oxygens (including phenoxy) is 1. The van der Waals surface area contributed by atoms with Crippen LogP contribution in [0.4, 0.5) is 0 Å². The zero-order valence-corrected chi connectivity index (χ0v) is 13.8. The van der Waals surface area contributed by atoms with Gasteiger partial charge in [-0.3, -0.25) is 19.7 Å². The molecule has 0 saturated carbocycles. The van der Waals surface area contributed by atoms with E-state index in [2.05, 4.69) is 20.2 Å². The number of rotatable bonds is 4. The Balaban J connectivity index is 1.49. The fourth-order valence-corrected chi connectivity index (χ4v) is 3.43. The summed E-state index contributed by atoms with van der Waals surface area (Å²) in [4.78, 5) is 23.4. The van der Waals surface area contributed by atoms with E-state index in [-0.39, 0.29) is 11.8 Å². The zero-order chi connectivity index (χ0) is 16.1. The first-order chi connectivity index (χ1) is 11.2. The SMILES string of the molecule is Cc1cnc(CNC(=O)[C@@H]2CCCN(C3CCOCC3)C2)cn1. The number of nitrogens with one attached hydrogen (secondary N) is 1. The fourth-order valence-electron chi connectivity index (χ4n) is 3.43. The number of aryl methyl sites for hydroxylation is 1. The van der Waals surface area contributed by atoms with E-state index in [0.29, 0.717) is 12.6 Å². The summed E-state index contributed by atoms with van der Waals surface area (Å²) in [5, 5.41) is 3.02. The van der Waals surface area contributed by atoms with Gasteiger partial charge in [0.2, 0.25) is 5.91 Å². The molecular weight excluding hydrogens is 292 g/mol. The van der Waals surface area contributed by atoms with Crippen LogP contribution in [0.15, 0.2) is 12.4 Å². The average molecular weight is 318 g/mol. The average Bonchev–Trinajstić information content (AvgIpc) is 2.62. The van der Waals surface area contributed by atoms with Gasteiger partial charge in [0.15, 0.2) is 0 Å². The van der Waals surface area contributed by atoms with Crippen LogP contribution >= 0.6 is 0 Å². The van der Waals surface area contributed by atoms with Crippen molar-refractivity contribution in [3.05, 3.63) is 23.8 Å². The molecule has 0 aliphatic carbocycles. The first-order valence-corrected chi connectivity index (χ1v) is 8.59. The topological polar surface area (TPSA) is 67.4 Å². The third-order valence-corrected chi connectivity index (χ3v) is 4.81. The third-order valence-electron chi connectivity index (χ3n) is 4.81. The van der Waals surface area contributed by atoms with E-state index in [1.54, 1.807) is 12.4 Å². The van der Waals surface area contributed by atoms with Crippen LogP contribution in [0.25, 0.3) is 0 Å². The Morgan fingerprint density at radius 1 is 1.30 bits per heavy atom. The van der Waals surface area contributed by atoms with Crippen LogP contribution in [0.3, 0.4) is 0 Å². The number of aromatic nitrogens is 2. The highest BCUT2D eigenvalue weighted by atomic mass is 16.5. The van der Waals surface area contributed by atoms with Crippen molar-refractivity contribution in [2.24, 2.45) is 5.92 Å². The number of likely N-dealkylation sites (tertiary alicyclic amines) is 1. The minimum Gasteiger partial charge on any atom is -0.381 e. The number of hydrogen-bond donors (Lipinski definition) is 1. The van der Waals surface area contributed by atoms with E-state index < -0.39 is 0 Å². The third kappa shape index (κ3) is 4.48. The Kier molecular flexibility index (Phi) is 5.56. The van der Waals surface area contributed by atoms with Gasteiger partial charge in [-0.2, -0.15) is 0 Å². The molecule has 1 atom stereocenters. The molecule has 6 heteroatoms. The summed E-state index contributed by atoms with van der Waals surface area (Å²) in [6, 6.07) is 0.585. The Morgan fingerprint density at radius 3 is 2.87 bits per heavy atom. The second-order valence-electron chi connectivity index (χ2n) is 6.54. The molecule has 2 fully saturated rings. The van der Waals surface area contributed by atoms with Crippen molar-refractivity contribution < 1.29 is 9.53 Å². The number of carbonyl (C=O) groups excluding carboxylic acids is 1. The maximum atomic E-state index is 12.5. The van der Waals surface area contributed by atoms with E-state index in [1.807, 2.05) is 6.92 Å². The van der Waals surface area contributed by atoms with Gasteiger partial charge in [-0.25, -0.2) is 0 Å². The molecule has 0 spiro atoms. The van der Waals surface area contributed by atoms with Gasteiger partial charge in [0.05, 0.1) is 30.0 Å². The highest BCUT2D eigenvalue weighted by Gasteiger charge is 2.30. The summed E-state index contributed by atoms with van der Waals surface area (Å²) in [6.07, 6.45) is 7.71. The number of nitrogens with zero attached hydrogens (tertiary/aromatic N) is 3. The number of hydrogen-bond acceptors (Lipinski definition) is 5. The highest BCUT2D eigenvalue weighted by Crippen LogP contribution is 2.23. The lowest BCUT2D eigenvalue weighted by Gasteiger charge is -2.39. The van der Waals surface area contributed by atoms with E-state index in [0.717, 1.165) is 63.4 Å². The monoisotopic (exact) mass is 318 g/mol. The minimum absolute atomic E-state index is 0.0880. The molecule has 0 bridgehead atoms. The van der Waals surface area contributed by atoms with Crippen LogP contribution in [0.2, 0.25) is 0 Å². The Hall–Kier alpha value is -1.53. The van der Waals surface area contributed by atoms with Gasteiger partial charge < -0.3 is 10.1 Å². The Labute approximate surface area is 137 Å². The first-order valence-electron chi connectivity index (χ1n) is 8.59. The van der Waals surface area contributed by atoms with Crippen molar-refractivity contribution in [1.29, 1.82) is 0 Å². The molecule has 0 unspecified atom stereocenters. The van der Waals surface area contributed by atoms with Crippen molar-refractivity contribution in [3.8, 4) is 0 Å². The van der Waals surface area contributed by atoms with Crippen LogP contribution in [0.1, 0.15) is 37.1 Å². The second kappa shape index (κ2) is 7.84. The van der Waals surface area contributed by atoms with E-state index >= 15 is 0 Å². The summed E-state index contributed by atoms with van der Waals surface area (Å²) in [6.45, 7) is 6.05. The molecule has 3 heterocycles. The van der Waals surface area contributed by atoms with Crippen LogP contribution < -0.4 is 5.32 Å². The molecule has 3 rings (SSSR count). The van der Waals surface area contributed by atoms with Crippen LogP contribution in [0.5, 0.6) is 0 Å². The largest absolute Gasteiger partial charge is 0.381 e. The van der Waals surface area contributed by atoms with Crippen LogP contribution in [0, 0.1) is 12.8 Å². The molecule has 1 N–H and O–H groups in total. The van der Waals surface area contributed by atoms with Crippen molar-refractivity contribution in [3.63, 3.8) is 0 Å². The molecule has 2 aliphatic heterocycles. The molecule has 126 valence electrons. The van der Waals surface area contributed by atoms with Gasteiger partial charge >= 0.3 is 0 Å². The lowest BCUT2D eigenvalue weighted by molar-refractivity contribution is -0.127. The summed E-state index contributed by atoms with van der Waals surface area (Å²) < 4.78 is 5.44. The van der Waals surface area contributed by atoms with Gasteiger partial charge in [0.1, 0.15) is 0 Å². The first kappa shape index (κ1) is 16.3. The summed E-state index contributed by atoms with van der Waals surface area (Å²) in [7, 11) is 0. The molecule has 6 nitrogen and oxygen atoms in total. The highest BCUT2D eigenvalue weighted by molar-refractivity contribution is 5.78. The maximum Gasteiger partial charge on any atom is 0.224 e. The van der Waals surface area contributed by atoms with Crippen molar-refractivity contribution in [2.45, 2.75) is 45.2 Å². The molecule has 1 aromatic rings. The Morgan fingerprint density at radius 2 is 2.13 bits per heavy atom. The van der Waals surface area contributed by atoms with Gasteiger partial charge in [0, 0.05) is 32.0 Å². The standard InChI is InChI=1S/C17H26N4O2/c1-13-9-19-15(10-18-13)11-20-17(22)14-3-2-6-21(12-14)16-4-7-23-8-5-16/h9-10,14,16H,2-8,11-12H2,1H3,(H,20,22)/t14-/m1/s1. The zero-order valence-electron chi connectivity index (χ0n) is 13.8. The number of amides is 1. The molecule has 2 saturated heterocycles. The molecule has 2 aliphatic rings. The van der Waals surface area contributed by atoms with Crippen molar-refractivity contribution in [2.75, 3.05) is 26.3 Å². The fraction of sp³-hybridized carbons (Fsp3) is 0.706. The van der Waals surface area contributed by atoms with Crippen molar-refractivity contribution in [1.82, 2.24) is 20.2 Å². The molecule has 0 aromatic carbocycles. The normalized spacial score (nSPS) is 23.6. The van der Waals surface area contributed by atoms with E-state index in [1.165, 1.54) is 0 Å². The smallest absolute Gasteiger partial charge is 0.224 e. The second-order valence-corrected chi connectivity index (χ2v) is 6.54. The van der Waals surface area contributed by atoms with Crippen LogP contribution in [-0.2, 0) is 16.1 Å². The Bertz CT molecular complexity index is 514. The summed E-state index contributed by atoms with van der Waals surface area (Å²) in [5.41, 5.74) is 1.69. The van der Waals surface area contributed by atoms with E-state index in [4.69, 9.17) is 4.74 Å². The quantitative estimate of drug-likeness (QED) is 0.906. The lowest BCUT2D eigenvalue weighted by Crippen LogP contribution is -2.48. The van der Waals surface area contributed by atoms with Gasteiger partial charge in [-0.1, -0.05) is 0 Å². The lowest BCUT2D eigenvalue weighted by atomic mass is 9.94. The predicted molar refractivity (Wildman–Crippen MR) is 86.8 cm³/mol. The molecular formula is C17H26N4O2. The number of carbonyl (C=O) groups is 1. The van der Waals surface area contributed by atoms with Crippen LogP contribution in [-0.4, -0.2) is 53.1 Å². The molecule has 1 aromatic heterocycles. The predicted octanol–water partition coefficient (Wildman–Crippen LogP) is 1.29. The molecule has 1 amide bonds. The number of piperidine rings is 1. The van der Waals surface area contributed by atoms with Gasteiger partial charge in [-0.15, -0.1) is 0 Å². The molecule has 0 radical (unpaired) electrons. The summed E-state index contributed by atoms with van der Waals surface area (Å²) in [5.74, 6) is 0.231. The molecule has 23 heavy (non-hydrogen) atoms.